The molecule has 0 saturated heterocycles. The van der Waals surface area contributed by atoms with Gasteiger partial charge < -0.3 is 5.73 Å². The predicted molar refractivity (Wildman–Crippen MR) is 173 cm³/mol. The highest BCUT2D eigenvalue weighted by molar-refractivity contribution is 6.16. The van der Waals surface area contributed by atoms with Crippen LogP contribution in [-0.4, -0.2) is 11.7 Å². The van der Waals surface area contributed by atoms with Crippen LogP contribution in [0.25, 0.3) is 33.0 Å². The van der Waals surface area contributed by atoms with Crippen molar-refractivity contribution in [2.45, 2.75) is 6.54 Å². The summed E-state index contributed by atoms with van der Waals surface area (Å²) < 4.78 is 0. The first-order valence-corrected chi connectivity index (χ1v) is 13.8. The molecule has 0 aliphatic rings. The fourth-order valence-electron chi connectivity index (χ4n) is 5.10. The van der Waals surface area contributed by atoms with E-state index in [0.717, 1.165) is 49.7 Å². The number of nitrogens with two attached hydrogens (primary N) is 1. The second-order valence-electron chi connectivity index (χ2n) is 9.97. The highest BCUT2D eigenvalue weighted by Gasteiger charge is 2.15. The molecule has 4 heteroatoms. The molecular weight excluding hydrogens is 512 g/mol. The van der Waals surface area contributed by atoms with Crippen LogP contribution in [0.5, 0.6) is 0 Å². The lowest BCUT2D eigenvalue weighted by Crippen LogP contribution is -2.18. The molecule has 4 nitrogen and oxygen atoms in total. The van der Waals surface area contributed by atoms with Crippen molar-refractivity contribution in [1.29, 1.82) is 5.26 Å². The Balaban J connectivity index is 1.45. The summed E-state index contributed by atoms with van der Waals surface area (Å²) in [6.45, 7) is 0.501. The molecule has 2 N–H and O–H groups in total. The van der Waals surface area contributed by atoms with Crippen molar-refractivity contribution < 1.29 is 0 Å². The van der Waals surface area contributed by atoms with Crippen molar-refractivity contribution in [1.82, 2.24) is 0 Å². The van der Waals surface area contributed by atoms with E-state index in [2.05, 4.69) is 60.7 Å². The standard InChI is InChI=1S/C38H28N4/c39-25-28-12-9-16-33(24-28)29-18-20-31(21-19-29)36-34-17-8-7-13-30(34)22-23-35(36)37(40)42-38(32-14-5-2-6-15-32)41-26-27-10-3-1-4-11-27/h1-24H,26H2,(H2,40,41,42). The van der Waals surface area contributed by atoms with E-state index < -0.39 is 0 Å². The first-order chi connectivity index (χ1) is 20.7. The van der Waals surface area contributed by atoms with Gasteiger partial charge in [0.15, 0.2) is 5.84 Å². The Bertz CT molecular complexity index is 1950. The van der Waals surface area contributed by atoms with Gasteiger partial charge in [0, 0.05) is 16.7 Å². The highest BCUT2D eigenvalue weighted by atomic mass is 15.0. The number of nitrogens with zero attached hydrogens (tertiary/aromatic N) is 3. The lowest BCUT2D eigenvalue weighted by atomic mass is 9.91. The Morgan fingerprint density at radius 1 is 0.643 bits per heavy atom. The fourth-order valence-corrected chi connectivity index (χ4v) is 5.10. The topological polar surface area (TPSA) is 74.5 Å². The number of rotatable bonds is 6. The molecule has 200 valence electrons. The third kappa shape index (κ3) is 5.72. The molecule has 0 atom stereocenters. The summed E-state index contributed by atoms with van der Waals surface area (Å²) in [4.78, 5) is 9.80. The summed E-state index contributed by atoms with van der Waals surface area (Å²) in [5.41, 5.74) is 14.4. The van der Waals surface area contributed by atoms with E-state index >= 15 is 0 Å². The zero-order valence-corrected chi connectivity index (χ0v) is 23.0. The Morgan fingerprint density at radius 2 is 1.33 bits per heavy atom. The number of fused-ring (bicyclic) bond motifs is 1. The van der Waals surface area contributed by atoms with Crippen LogP contribution in [0.3, 0.4) is 0 Å². The average molecular weight is 541 g/mol. The minimum absolute atomic E-state index is 0.400. The van der Waals surface area contributed by atoms with E-state index in [4.69, 9.17) is 15.7 Å². The maximum absolute atomic E-state index is 9.33. The van der Waals surface area contributed by atoms with Gasteiger partial charge in [-0.15, -0.1) is 0 Å². The molecule has 0 aromatic heterocycles. The van der Waals surface area contributed by atoms with Crippen LogP contribution >= 0.6 is 0 Å². The molecule has 0 unspecified atom stereocenters. The minimum atomic E-state index is 0.400. The molecule has 0 bridgehead atoms. The van der Waals surface area contributed by atoms with Gasteiger partial charge in [0.25, 0.3) is 0 Å². The number of aliphatic imine (C=N–C) groups is 2. The second kappa shape index (κ2) is 12.2. The smallest absolute Gasteiger partial charge is 0.157 e. The summed E-state index contributed by atoms with van der Waals surface area (Å²) >= 11 is 0. The number of hydrogen-bond donors (Lipinski definition) is 1. The van der Waals surface area contributed by atoms with Gasteiger partial charge in [-0.05, 0) is 45.2 Å². The number of amidine groups is 2. The Kier molecular flexibility index (Phi) is 7.65. The van der Waals surface area contributed by atoms with Gasteiger partial charge in [-0.3, -0.25) is 4.99 Å². The summed E-state index contributed by atoms with van der Waals surface area (Å²) in [5.74, 6) is 0.987. The maximum Gasteiger partial charge on any atom is 0.157 e. The summed E-state index contributed by atoms with van der Waals surface area (Å²) in [7, 11) is 0. The van der Waals surface area contributed by atoms with Crippen LogP contribution in [0.1, 0.15) is 22.3 Å². The molecule has 42 heavy (non-hydrogen) atoms. The van der Waals surface area contributed by atoms with Crippen LogP contribution in [0.4, 0.5) is 0 Å². The Hall–Kier alpha value is -5.79. The normalized spacial score (nSPS) is 11.8. The fraction of sp³-hybridized carbons (Fsp3) is 0.0263. The van der Waals surface area contributed by atoms with E-state index in [1.165, 1.54) is 0 Å². The van der Waals surface area contributed by atoms with Gasteiger partial charge in [0.05, 0.1) is 18.2 Å². The second-order valence-corrected chi connectivity index (χ2v) is 9.97. The molecule has 0 fully saturated rings. The average Bonchev–Trinajstić information content (AvgIpc) is 3.07. The Morgan fingerprint density at radius 3 is 2.10 bits per heavy atom. The molecule has 6 rings (SSSR count). The van der Waals surface area contributed by atoms with Crippen LogP contribution in [-0.2, 0) is 6.54 Å². The highest BCUT2D eigenvalue weighted by Crippen LogP contribution is 2.34. The van der Waals surface area contributed by atoms with Crippen molar-refractivity contribution in [3.05, 3.63) is 168 Å². The third-order valence-electron chi connectivity index (χ3n) is 7.22. The monoisotopic (exact) mass is 540 g/mol. The molecule has 0 aliphatic carbocycles. The number of nitriles is 1. The molecule has 6 aromatic carbocycles. The van der Waals surface area contributed by atoms with Crippen molar-refractivity contribution in [3.8, 4) is 28.3 Å². The molecular formula is C38H28N4. The van der Waals surface area contributed by atoms with Gasteiger partial charge in [0.2, 0.25) is 0 Å². The van der Waals surface area contributed by atoms with E-state index in [1.807, 2.05) is 91.0 Å². The van der Waals surface area contributed by atoms with Gasteiger partial charge >= 0.3 is 0 Å². The zero-order chi connectivity index (χ0) is 28.7. The van der Waals surface area contributed by atoms with Crippen molar-refractivity contribution in [2.75, 3.05) is 0 Å². The molecule has 0 saturated carbocycles. The van der Waals surface area contributed by atoms with Gasteiger partial charge in [-0.2, -0.15) is 5.26 Å². The first kappa shape index (κ1) is 26.4. The van der Waals surface area contributed by atoms with Crippen molar-refractivity contribution >= 4 is 22.4 Å². The summed E-state index contributed by atoms with van der Waals surface area (Å²) in [6, 6.07) is 50.8. The largest absolute Gasteiger partial charge is 0.383 e. The lowest BCUT2D eigenvalue weighted by molar-refractivity contribution is 1.06. The molecule has 0 spiro atoms. The zero-order valence-electron chi connectivity index (χ0n) is 23.0. The van der Waals surface area contributed by atoms with Gasteiger partial charge in [0.1, 0.15) is 5.84 Å². The van der Waals surface area contributed by atoms with Crippen molar-refractivity contribution in [2.24, 2.45) is 15.7 Å². The number of hydrogen-bond acceptors (Lipinski definition) is 2. The molecule has 6 aromatic rings. The summed E-state index contributed by atoms with van der Waals surface area (Å²) in [6.07, 6.45) is 0. The Labute approximate surface area is 245 Å². The molecule has 0 aliphatic heterocycles. The SMILES string of the molecule is N#Cc1cccc(-c2ccc(-c3c(/C(N)=N/C(=N\Cc4ccccc4)c4ccccc4)ccc4ccccc34)cc2)c1. The first-order valence-electron chi connectivity index (χ1n) is 13.8. The van der Waals surface area contributed by atoms with E-state index in [0.29, 0.717) is 23.8 Å². The molecule has 0 radical (unpaired) electrons. The predicted octanol–water partition coefficient (Wildman–Crippen LogP) is 8.40. The van der Waals surface area contributed by atoms with E-state index in [-0.39, 0.29) is 0 Å². The van der Waals surface area contributed by atoms with Crippen LogP contribution < -0.4 is 5.73 Å². The van der Waals surface area contributed by atoms with Crippen LogP contribution in [0.2, 0.25) is 0 Å². The van der Waals surface area contributed by atoms with E-state index in [1.54, 1.807) is 0 Å². The molecule has 0 heterocycles. The van der Waals surface area contributed by atoms with Gasteiger partial charge in [-0.1, -0.05) is 133 Å². The van der Waals surface area contributed by atoms with Gasteiger partial charge in [-0.25, -0.2) is 4.99 Å². The minimum Gasteiger partial charge on any atom is -0.383 e. The third-order valence-corrected chi connectivity index (χ3v) is 7.22. The number of benzene rings is 6. The van der Waals surface area contributed by atoms with Crippen molar-refractivity contribution in [3.63, 3.8) is 0 Å². The van der Waals surface area contributed by atoms with Crippen LogP contribution in [0.15, 0.2) is 156 Å². The quantitative estimate of drug-likeness (QED) is 0.170. The maximum atomic E-state index is 9.33. The van der Waals surface area contributed by atoms with E-state index in [9.17, 15) is 5.26 Å². The van der Waals surface area contributed by atoms with Crippen LogP contribution in [0, 0.1) is 11.3 Å². The summed E-state index contributed by atoms with van der Waals surface area (Å²) in [5, 5.41) is 11.5. The molecule has 0 amide bonds. The lowest BCUT2D eigenvalue weighted by Gasteiger charge is -2.15.